The van der Waals surface area contributed by atoms with Gasteiger partial charge in [-0.2, -0.15) is 0 Å². The van der Waals surface area contributed by atoms with Crippen molar-refractivity contribution in [2.24, 2.45) is 0 Å². The Morgan fingerprint density at radius 1 is 0.833 bits per heavy atom. The van der Waals surface area contributed by atoms with Crippen LogP contribution in [0.4, 0.5) is 34.1 Å². The molecule has 0 aliphatic carbocycles. The number of rotatable bonds is 8. The van der Waals surface area contributed by atoms with E-state index in [0.717, 1.165) is 22.7 Å². The molecule has 3 rings (SSSR count). The number of nitrogens with two attached hydrogens (primary N) is 2. The third kappa shape index (κ3) is 7.58. The van der Waals surface area contributed by atoms with Gasteiger partial charge in [-0.25, -0.2) is 8.42 Å². The number of nitrogens with zero attached hydrogens (tertiary/aromatic N) is 1. The molecule has 3 aromatic rings. The predicted octanol–water partition coefficient (Wildman–Crippen LogP) is 0.672. The van der Waals surface area contributed by atoms with E-state index < -0.39 is 15.9 Å². The Kier molecular flexibility index (Phi) is 9.17. The maximum absolute atomic E-state index is 11.0. The average Bonchev–Trinajstić information content (AvgIpc) is 2.67. The number of nitrogen functional groups attached to an aromatic ring is 2. The van der Waals surface area contributed by atoms with Crippen molar-refractivity contribution in [3.05, 3.63) is 72.8 Å². The Morgan fingerprint density at radius 3 is 2.03 bits per heavy atom. The summed E-state index contributed by atoms with van der Waals surface area (Å²) in [4.78, 5) is 1.96. The molecule has 7 nitrogen and oxygen atoms in total. The largest absolute Gasteiger partial charge is 1.00 e. The zero-order valence-corrected chi connectivity index (χ0v) is 20.7. The van der Waals surface area contributed by atoms with Crippen LogP contribution in [0.2, 0.25) is 0 Å². The van der Waals surface area contributed by atoms with Gasteiger partial charge in [-0.15, -0.1) is 0 Å². The van der Waals surface area contributed by atoms with E-state index >= 15 is 0 Å². The second kappa shape index (κ2) is 11.1. The van der Waals surface area contributed by atoms with Gasteiger partial charge in [0, 0.05) is 46.4 Å². The van der Waals surface area contributed by atoms with Gasteiger partial charge in [-0.3, -0.25) is 0 Å². The summed E-state index contributed by atoms with van der Waals surface area (Å²) < 4.78 is 33.0. The maximum atomic E-state index is 11.0. The van der Waals surface area contributed by atoms with Crippen LogP contribution >= 0.6 is 0 Å². The quantitative estimate of drug-likeness (QED) is 0.262. The summed E-state index contributed by atoms with van der Waals surface area (Å²) in [5, 5.41) is 3.32. The number of hydrogen-bond donors (Lipinski definition) is 3. The SMILES string of the molecule is Nc1ccc(Nc2cccc(N(CCCS(=O)(=O)[O-])c3ccc(N)cc3)c2)cc1.[K+]. The van der Waals surface area contributed by atoms with Gasteiger partial charge in [-0.1, -0.05) is 6.07 Å². The van der Waals surface area contributed by atoms with Crippen molar-refractivity contribution in [2.45, 2.75) is 6.42 Å². The fraction of sp³-hybridized carbons (Fsp3) is 0.143. The molecule has 0 amide bonds. The molecule has 0 saturated carbocycles. The van der Waals surface area contributed by atoms with Gasteiger partial charge in [0.25, 0.3) is 0 Å². The van der Waals surface area contributed by atoms with Gasteiger partial charge in [0.1, 0.15) is 0 Å². The molecule has 3 aromatic carbocycles. The molecule has 0 atom stereocenters. The van der Waals surface area contributed by atoms with Crippen molar-refractivity contribution in [2.75, 3.05) is 34.0 Å². The summed E-state index contributed by atoms with van der Waals surface area (Å²) in [6, 6.07) is 22.4. The van der Waals surface area contributed by atoms with Crippen LogP contribution in [0.5, 0.6) is 0 Å². The second-order valence-corrected chi connectivity index (χ2v) is 8.18. The Balaban J connectivity index is 0.00000320. The van der Waals surface area contributed by atoms with E-state index in [2.05, 4.69) is 5.32 Å². The molecule has 0 heterocycles. The van der Waals surface area contributed by atoms with Crippen molar-refractivity contribution in [3.8, 4) is 0 Å². The molecule has 0 aromatic heterocycles. The topological polar surface area (TPSA) is 125 Å². The Hall–Kier alpha value is -1.59. The van der Waals surface area contributed by atoms with E-state index in [-0.39, 0.29) is 57.8 Å². The number of hydrogen-bond acceptors (Lipinski definition) is 7. The maximum Gasteiger partial charge on any atom is 1.00 e. The van der Waals surface area contributed by atoms with E-state index in [1.165, 1.54) is 0 Å². The molecule has 0 aliphatic rings. The standard InChI is InChI=1S/C21H24N4O3S.K/c22-16-5-9-18(10-6-16)24-19-3-1-4-21(15-19)25(13-2-14-29(26,27)28)20-11-7-17(23)8-12-20;/h1,3-12,15,24H,2,13-14,22-23H2,(H,26,27,28);/q;+1/p-1. The van der Waals surface area contributed by atoms with Crippen molar-refractivity contribution in [1.82, 2.24) is 0 Å². The summed E-state index contributed by atoms with van der Waals surface area (Å²) in [7, 11) is -4.26. The minimum absolute atomic E-state index is 0. The summed E-state index contributed by atoms with van der Waals surface area (Å²) in [5.41, 5.74) is 16.3. The van der Waals surface area contributed by atoms with Gasteiger partial charge in [-0.05, 0) is 73.2 Å². The van der Waals surface area contributed by atoms with Crippen LogP contribution in [-0.4, -0.2) is 25.3 Å². The van der Waals surface area contributed by atoms with Crippen molar-refractivity contribution >= 4 is 44.2 Å². The molecule has 0 unspecified atom stereocenters. The van der Waals surface area contributed by atoms with Crippen molar-refractivity contribution < 1.29 is 64.4 Å². The smallest absolute Gasteiger partial charge is 0.748 e. The molecular weight excluding hydrogens is 427 g/mol. The normalized spacial score (nSPS) is 10.8. The molecule has 0 bridgehead atoms. The summed E-state index contributed by atoms with van der Waals surface area (Å²) in [5.74, 6) is -0.415. The Bertz CT molecular complexity index is 1060. The van der Waals surface area contributed by atoms with E-state index in [9.17, 15) is 13.0 Å². The molecule has 0 fully saturated rings. The number of nitrogens with one attached hydrogen (secondary N) is 1. The molecule has 0 aliphatic heterocycles. The van der Waals surface area contributed by atoms with Crippen LogP contribution in [0.3, 0.4) is 0 Å². The third-order valence-corrected chi connectivity index (χ3v) is 5.13. The minimum Gasteiger partial charge on any atom is -0.748 e. The van der Waals surface area contributed by atoms with Crippen LogP contribution in [0, 0.1) is 0 Å². The van der Waals surface area contributed by atoms with Gasteiger partial charge in [0.05, 0.1) is 10.1 Å². The number of benzene rings is 3. The van der Waals surface area contributed by atoms with Crippen LogP contribution in [0.1, 0.15) is 6.42 Å². The summed E-state index contributed by atoms with van der Waals surface area (Å²) >= 11 is 0. The van der Waals surface area contributed by atoms with Crippen LogP contribution in [0.15, 0.2) is 72.8 Å². The van der Waals surface area contributed by atoms with Crippen LogP contribution in [0.25, 0.3) is 0 Å². The molecular formula is C21H23KN4O3S. The van der Waals surface area contributed by atoms with E-state index in [4.69, 9.17) is 11.5 Å². The predicted molar refractivity (Wildman–Crippen MR) is 118 cm³/mol. The molecule has 5 N–H and O–H groups in total. The van der Waals surface area contributed by atoms with E-state index in [1.807, 2.05) is 65.6 Å². The van der Waals surface area contributed by atoms with Crippen LogP contribution in [-0.2, 0) is 10.1 Å². The van der Waals surface area contributed by atoms with Crippen molar-refractivity contribution in [3.63, 3.8) is 0 Å². The first kappa shape index (κ1) is 24.7. The zero-order valence-electron chi connectivity index (χ0n) is 16.8. The van der Waals surface area contributed by atoms with Gasteiger partial charge in [0.2, 0.25) is 0 Å². The van der Waals surface area contributed by atoms with E-state index in [1.54, 1.807) is 12.1 Å². The minimum atomic E-state index is -4.26. The molecule has 0 radical (unpaired) electrons. The number of anilines is 6. The monoisotopic (exact) mass is 450 g/mol. The molecule has 30 heavy (non-hydrogen) atoms. The Morgan fingerprint density at radius 2 is 1.43 bits per heavy atom. The fourth-order valence-corrected chi connectivity index (χ4v) is 3.43. The molecule has 0 spiro atoms. The first-order valence-corrected chi connectivity index (χ1v) is 10.7. The van der Waals surface area contributed by atoms with Gasteiger partial charge >= 0.3 is 51.4 Å². The second-order valence-electron chi connectivity index (χ2n) is 6.66. The summed E-state index contributed by atoms with van der Waals surface area (Å²) in [6.07, 6.45) is 0.214. The fourth-order valence-electron chi connectivity index (χ4n) is 2.95. The average molecular weight is 451 g/mol. The molecule has 152 valence electrons. The van der Waals surface area contributed by atoms with Crippen molar-refractivity contribution in [1.29, 1.82) is 0 Å². The third-order valence-electron chi connectivity index (χ3n) is 4.34. The van der Waals surface area contributed by atoms with Gasteiger partial charge < -0.3 is 26.2 Å². The Labute approximate surface area is 219 Å². The van der Waals surface area contributed by atoms with E-state index in [0.29, 0.717) is 17.9 Å². The summed E-state index contributed by atoms with van der Waals surface area (Å²) in [6.45, 7) is 0.372. The van der Waals surface area contributed by atoms with Gasteiger partial charge in [0.15, 0.2) is 0 Å². The first-order valence-electron chi connectivity index (χ1n) is 9.09. The zero-order chi connectivity index (χ0) is 20.9. The first-order chi connectivity index (χ1) is 13.8. The van der Waals surface area contributed by atoms with Crippen LogP contribution < -0.4 is 73.1 Å². The molecule has 9 heteroatoms. The molecule has 0 saturated heterocycles.